The number of ether oxygens (including phenoxy) is 1. The third-order valence-electron chi connectivity index (χ3n) is 3.08. The van der Waals surface area contributed by atoms with Gasteiger partial charge in [-0.05, 0) is 31.2 Å². The predicted molar refractivity (Wildman–Crippen MR) is 101 cm³/mol. The minimum atomic E-state index is -0.948. The molecule has 0 spiro atoms. The lowest BCUT2D eigenvalue weighted by Crippen LogP contribution is -2.30. The number of rotatable bonds is 7. The molecule has 2 aromatic rings. The molecule has 25 heavy (non-hydrogen) atoms. The van der Waals surface area contributed by atoms with Gasteiger partial charge in [0.2, 0.25) is 0 Å². The van der Waals surface area contributed by atoms with Crippen LogP contribution < -0.4 is 5.32 Å². The molecule has 1 aromatic carbocycles. The van der Waals surface area contributed by atoms with Crippen LogP contribution in [0.5, 0.6) is 0 Å². The Bertz CT molecular complexity index is 801. The van der Waals surface area contributed by atoms with Gasteiger partial charge in [0.15, 0.2) is 6.10 Å². The first-order valence-corrected chi connectivity index (χ1v) is 9.66. The van der Waals surface area contributed by atoms with Crippen LogP contribution in [0.25, 0.3) is 0 Å². The quantitative estimate of drug-likeness (QED) is 0.716. The molecule has 0 aliphatic heterocycles. The van der Waals surface area contributed by atoms with E-state index in [0.717, 1.165) is 4.88 Å². The summed E-state index contributed by atoms with van der Waals surface area (Å²) in [5.74, 6) is -0.153. The molecule has 2 rings (SSSR count). The van der Waals surface area contributed by atoms with Crippen LogP contribution >= 0.6 is 34.7 Å². The number of nitriles is 1. The molecule has 0 aliphatic carbocycles. The molecule has 1 aromatic heterocycles. The normalized spacial score (nSPS) is 11.4. The molecule has 0 unspecified atom stereocenters. The highest BCUT2D eigenvalue weighted by molar-refractivity contribution is 7.99. The molecule has 1 N–H and O–H groups in total. The van der Waals surface area contributed by atoms with Crippen molar-refractivity contribution in [1.82, 2.24) is 0 Å². The van der Waals surface area contributed by atoms with Crippen molar-refractivity contribution < 1.29 is 14.3 Å². The maximum absolute atomic E-state index is 12.1. The van der Waals surface area contributed by atoms with Gasteiger partial charge in [0.25, 0.3) is 5.91 Å². The van der Waals surface area contributed by atoms with Gasteiger partial charge in [-0.15, -0.1) is 23.1 Å². The third-order valence-corrected chi connectivity index (χ3v) is 5.44. The van der Waals surface area contributed by atoms with E-state index in [4.69, 9.17) is 21.6 Å². The number of halogens is 1. The average Bonchev–Trinajstić information content (AvgIpc) is 3.00. The summed E-state index contributed by atoms with van der Waals surface area (Å²) in [6.07, 6.45) is -0.948. The van der Waals surface area contributed by atoms with Gasteiger partial charge in [-0.25, -0.2) is 0 Å². The Morgan fingerprint density at radius 3 is 2.80 bits per heavy atom. The monoisotopic (exact) mass is 394 g/mol. The van der Waals surface area contributed by atoms with Crippen molar-refractivity contribution in [3.63, 3.8) is 0 Å². The number of amides is 1. The van der Waals surface area contributed by atoms with Gasteiger partial charge in [-0.2, -0.15) is 5.26 Å². The highest BCUT2D eigenvalue weighted by Crippen LogP contribution is 2.25. The summed E-state index contributed by atoms with van der Waals surface area (Å²) in [5, 5.41) is 11.6. The number of thiophene rings is 1. The molecule has 8 heteroatoms. The molecular formula is C17H15ClN2O3S2. The van der Waals surface area contributed by atoms with E-state index in [1.54, 1.807) is 24.3 Å². The highest BCUT2D eigenvalue weighted by Gasteiger charge is 2.19. The summed E-state index contributed by atoms with van der Waals surface area (Å²) in [5.41, 5.74) is 0.737. The minimum absolute atomic E-state index is 0.141. The summed E-state index contributed by atoms with van der Waals surface area (Å²) in [7, 11) is 0. The Morgan fingerprint density at radius 1 is 1.36 bits per heavy atom. The second-order valence-electron chi connectivity index (χ2n) is 4.98. The molecule has 130 valence electrons. The van der Waals surface area contributed by atoms with Gasteiger partial charge < -0.3 is 10.1 Å². The first-order valence-electron chi connectivity index (χ1n) is 7.31. The second-order valence-corrected chi connectivity index (χ2v) is 7.76. The molecule has 1 atom stereocenters. The van der Waals surface area contributed by atoms with Crippen LogP contribution in [0, 0.1) is 11.3 Å². The maximum atomic E-state index is 12.1. The van der Waals surface area contributed by atoms with Crippen LogP contribution in [0.4, 0.5) is 5.69 Å². The van der Waals surface area contributed by atoms with Crippen molar-refractivity contribution in [3.8, 4) is 6.07 Å². The zero-order valence-electron chi connectivity index (χ0n) is 13.3. The molecule has 0 fully saturated rings. The van der Waals surface area contributed by atoms with Crippen LogP contribution in [-0.2, 0) is 20.1 Å². The number of anilines is 1. The maximum Gasteiger partial charge on any atom is 0.316 e. The van der Waals surface area contributed by atoms with Crippen molar-refractivity contribution in [2.75, 3.05) is 11.1 Å². The molecule has 1 amide bonds. The number of carbonyl (C=O) groups excluding carboxylic acids is 2. The van der Waals surface area contributed by atoms with E-state index in [0.29, 0.717) is 21.3 Å². The molecule has 0 radical (unpaired) electrons. The lowest BCUT2D eigenvalue weighted by atomic mass is 10.2. The zero-order chi connectivity index (χ0) is 18.2. The predicted octanol–water partition coefficient (Wildman–Crippen LogP) is 4.08. The van der Waals surface area contributed by atoms with E-state index in [2.05, 4.69) is 5.32 Å². The molecule has 0 saturated heterocycles. The van der Waals surface area contributed by atoms with Crippen molar-refractivity contribution in [1.29, 1.82) is 5.26 Å². The Kier molecular flexibility index (Phi) is 7.31. The summed E-state index contributed by atoms with van der Waals surface area (Å²) in [6.45, 7) is 1.49. The molecule has 0 aliphatic rings. The van der Waals surface area contributed by atoms with Crippen LogP contribution in [0.15, 0.2) is 36.4 Å². The molecular weight excluding hydrogens is 380 g/mol. The smallest absolute Gasteiger partial charge is 0.316 e. The number of nitrogens with zero attached hydrogens (tertiary/aromatic N) is 1. The lowest BCUT2D eigenvalue weighted by Gasteiger charge is -2.14. The summed E-state index contributed by atoms with van der Waals surface area (Å²) in [4.78, 5) is 25.0. The first kappa shape index (κ1) is 19.3. The number of carbonyl (C=O) groups is 2. The average molecular weight is 395 g/mol. The number of hydrogen-bond donors (Lipinski definition) is 1. The number of para-hydroxylation sites is 1. The Labute approximate surface area is 158 Å². The second kappa shape index (κ2) is 9.47. The fourth-order valence-corrected chi connectivity index (χ4v) is 3.88. The SMILES string of the molecule is C[C@@H](OC(=O)CSCc1ccc(Cl)s1)C(=O)Nc1ccccc1C#N. The molecule has 0 saturated carbocycles. The summed E-state index contributed by atoms with van der Waals surface area (Å²) in [6, 6.07) is 12.3. The van der Waals surface area contributed by atoms with Gasteiger partial charge in [0.05, 0.1) is 21.3 Å². The largest absolute Gasteiger partial charge is 0.452 e. The number of benzene rings is 1. The zero-order valence-corrected chi connectivity index (χ0v) is 15.7. The first-order chi connectivity index (χ1) is 12.0. The topological polar surface area (TPSA) is 79.2 Å². The van der Waals surface area contributed by atoms with E-state index in [9.17, 15) is 9.59 Å². The van der Waals surface area contributed by atoms with Gasteiger partial charge >= 0.3 is 5.97 Å². The van der Waals surface area contributed by atoms with Crippen LogP contribution in [0.2, 0.25) is 4.34 Å². The van der Waals surface area contributed by atoms with Gasteiger partial charge in [0.1, 0.15) is 6.07 Å². The van der Waals surface area contributed by atoms with E-state index < -0.39 is 18.0 Å². The van der Waals surface area contributed by atoms with Gasteiger partial charge in [-0.1, -0.05) is 23.7 Å². The van der Waals surface area contributed by atoms with E-state index in [1.165, 1.54) is 30.0 Å². The highest BCUT2D eigenvalue weighted by atomic mass is 35.5. The Morgan fingerprint density at radius 2 is 2.12 bits per heavy atom. The summed E-state index contributed by atoms with van der Waals surface area (Å²) >= 11 is 8.71. The minimum Gasteiger partial charge on any atom is -0.452 e. The van der Waals surface area contributed by atoms with Gasteiger partial charge in [0, 0.05) is 10.6 Å². The Balaban J connectivity index is 1.78. The van der Waals surface area contributed by atoms with Crippen molar-refractivity contribution in [2.45, 2.75) is 18.8 Å². The Hall–Kier alpha value is -2.01. The van der Waals surface area contributed by atoms with Gasteiger partial charge in [-0.3, -0.25) is 9.59 Å². The van der Waals surface area contributed by atoms with E-state index >= 15 is 0 Å². The number of thioether (sulfide) groups is 1. The molecule has 5 nitrogen and oxygen atoms in total. The molecule has 1 heterocycles. The van der Waals surface area contributed by atoms with Crippen molar-refractivity contribution in [2.24, 2.45) is 0 Å². The van der Waals surface area contributed by atoms with Crippen LogP contribution in [0.3, 0.4) is 0 Å². The van der Waals surface area contributed by atoms with Crippen molar-refractivity contribution >= 4 is 52.3 Å². The molecule has 0 bridgehead atoms. The number of nitrogens with one attached hydrogen (secondary N) is 1. The number of esters is 1. The summed E-state index contributed by atoms with van der Waals surface area (Å²) < 4.78 is 5.83. The van der Waals surface area contributed by atoms with E-state index in [-0.39, 0.29) is 5.75 Å². The fraction of sp³-hybridized carbons (Fsp3) is 0.235. The van der Waals surface area contributed by atoms with E-state index in [1.807, 2.05) is 18.2 Å². The van der Waals surface area contributed by atoms with Crippen LogP contribution in [0.1, 0.15) is 17.4 Å². The fourth-order valence-electron chi connectivity index (χ4n) is 1.87. The lowest BCUT2D eigenvalue weighted by molar-refractivity contribution is -0.150. The number of hydrogen-bond acceptors (Lipinski definition) is 6. The van der Waals surface area contributed by atoms with Crippen LogP contribution in [-0.4, -0.2) is 23.7 Å². The van der Waals surface area contributed by atoms with Crippen molar-refractivity contribution in [3.05, 3.63) is 51.2 Å². The standard InChI is InChI=1S/C17H15ClN2O3S2/c1-11(17(22)20-14-5-3-2-4-12(14)8-19)23-16(21)10-24-9-13-6-7-15(18)25-13/h2-7,11H,9-10H2,1H3,(H,20,22)/t11-/m1/s1. The third kappa shape index (κ3) is 6.09.